The zero-order valence-electron chi connectivity index (χ0n) is 20.4. The molecule has 0 aliphatic carbocycles. The highest BCUT2D eigenvalue weighted by Gasteiger charge is 2.14. The zero-order chi connectivity index (χ0) is 21.0. The summed E-state index contributed by atoms with van der Waals surface area (Å²) in [6, 6.07) is 0. The fourth-order valence-corrected chi connectivity index (χ4v) is 4.68. The minimum Gasteiger partial charge on any atom is -0.355 e. The van der Waals surface area contributed by atoms with Crippen LogP contribution in [0.1, 0.15) is 125 Å². The van der Waals surface area contributed by atoms with Gasteiger partial charge in [-0.05, 0) is 62.2 Å². The first-order chi connectivity index (χ1) is 13.5. The van der Waals surface area contributed by atoms with Gasteiger partial charge < -0.3 is 9.47 Å². The molecule has 28 heavy (non-hydrogen) atoms. The van der Waals surface area contributed by atoms with Crippen molar-refractivity contribution in [2.45, 2.75) is 125 Å². The van der Waals surface area contributed by atoms with Crippen LogP contribution in [0.2, 0.25) is 0 Å². The van der Waals surface area contributed by atoms with Crippen molar-refractivity contribution < 1.29 is 9.47 Å². The molecule has 0 aromatic rings. The van der Waals surface area contributed by atoms with Gasteiger partial charge in [-0.2, -0.15) is 0 Å². The minimum absolute atomic E-state index is 0.479. The Hall–Kier alpha value is -0.0800. The van der Waals surface area contributed by atoms with E-state index < -0.39 is 0 Å². The highest BCUT2D eigenvalue weighted by atomic mass is 16.7. The van der Waals surface area contributed by atoms with Gasteiger partial charge in [0.25, 0.3) is 0 Å². The third-order valence-electron chi connectivity index (χ3n) is 5.99. The van der Waals surface area contributed by atoms with E-state index in [9.17, 15) is 0 Å². The van der Waals surface area contributed by atoms with E-state index in [0.29, 0.717) is 6.79 Å². The first-order valence-electron chi connectivity index (χ1n) is 12.6. The molecule has 0 bridgehead atoms. The molecule has 0 saturated carbocycles. The van der Waals surface area contributed by atoms with E-state index in [1.807, 2.05) is 0 Å². The number of hydrogen-bond acceptors (Lipinski definition) is 2. The quantitative estimate of drug-likeness (QED) is 0.142. The van der Waals surface area contributed by atoms with Gasteiger partial charge in [0.2, 0.25) is 0 Å². The van der Waals surface area contributed by atoms with Gasteiger partial charge in [-0.1, -0.05) is 86.5 Å². The maximum atomic E-state index is 5.64. The molecule has 0 aliphatic rings. The van der Waals surface area contributed by atoms with Crippen LogP contribution in [0.5, 0.6) is 0 Å². The van der Waals surface area contributed by atoms with Crippen molar-refractivity contribution in [3.63, 3.8) is 0 Å². The van der Waals surface area contributed by atoms with Crippen molar-refractivity contribution in [1.29, 1.82) is 0 Å². The fraction of sp³-hybridized carbons (Fsp3) is 1.00. The lowest BCUT2D eigenvalue weighted by molar-refractivity contribution is -0.0561. The molecule has 0 aromatic carbocycles. The summed E-state index contributed by atoms with van der Waals surface area (Å²) in [7, 11) is 0. The lowest BCUT2D eigenvalue weighted by atomic mass is 9.84. The van der Waals surface area contributed by atoms with Gasteiger partial charge in [-0.3, -0.25) is 0 Å². The largest absolute Gasteiger partial charge is 0.355 e. The Morgan fingerprint density at radius 2 is 1.00 bits per heavy atom. The first kappa shape index (κ1) is 27.9. The summed E-state index contributed by atoms with van der Waals surface area (Å²) in [5.41, 5.74) is 0. The molecule has 4 atom stereocenters. The molecule has 0 aromatic heterocycles. The normalized spacial score (nSPS) is 16.1. The number of ether oxygens (including phenoxy) is 2. The molecular weight excluding hydrogens is 344 g/mol. The highest BCUT2D eigenvalue weighted by Crippen LogP contribution is 2.26. The predicted octanol–water partition coefficient (Wildman–Crippen LogP) is 8.63. The van der Waals surface area contributed by atoms with Crippen LogP contribution >= 0.6 is 0 Å². The maximum Gasteiger partial charge on any atom is 0.146 e. The second-order valence-electron chi connectivity index (χ2n) is 9.76. The average molecular weight is 399 g/mol. The molecular formula is C26H54O2. The zero-order valence-corrected chi connectivity index (χ0v) is 20.4. The molecule has 2 nitrogen and oxygen atoms in total. The van der Waals surface area contributed by atoms with E-state index in [1.54, 1.807) is 0 Å². The summed E-state index contributed by atoms with van der Waals surface area (Å²) >= 11 is 0. The maximum absolute atomic E-state index is 5.64. The van der Waals surface area contributed by atoms with Crippen molar-refractivity contribution in [3.8, 4) is 0 Å². The van der Waals surface area contributed by atoms with Crippen LogP contribution in [0.3, 0.4) is 0 Å². The molecule has 0 amide bonds. The van der Waals surface area contributed by atoms with Crippen LogP contribution in [0.4, 0.5) is 0 Å². The van der Waals surface area contributed by atoms with E-state index in [-0.39, 0.29) is 0 Å². The lowest BCUT2D eigenvalue weighted by Gasteiger charge is -2.22. The summed E-state index contributed by atoms with van der Waals surface area (Å²) < 4.78 is 11.2. The van der Waals surface area contributed by atoms with Crippen LogP contribution in [0.15, 0.2) is 0 Å². The molecule has 0 aliphatic heterocycles. The van der Waals surface area contributed by atoms with Crippen molar-refractivity contribution in [2.24, 2.45) is 23.7 Å². The molecule has 0 heterocycles. The number of unbranched alkanes of at least 4 members (excludes halogenated alkanes) is 5. The van der Waals surface area contributed by atoms with Gasteiger partial charge in [0.05, 0.1) is 0 Å². The van der Waals surface area contributed by atoms with Gasteiger partial charge in [0.15, 0.2) is 0 Å². The molecule has 0 fully saturated rings. The molecule has 0 radical (unpaired) electrons. The van der Waals surface area contributed by atoms with Gasteiger partial charge >= 0.3 is 0 Å². The Kier molecular flexibility index (Phi) is 20.1. The van der Waals surface area contributed by atoms with E-state index in [0.717, 1.165) is 43.3 Å². The van der Waals surface area contributed by atoms with Gasteiger partial charge in [0, 0.05) is 13.2 Å². The Balaban J connectivity index is 3.47. The molecule has 170 valence electrons. The molecule has 0 N–H and O–H groups in total. The standard InChI is InChI=1S/C26H54O2/c1-7-9-10-11-12-13-17-27-22-28-18-14-16-24(4)20-26(6)21-25(5)19-23(3)15-8-2/h23-26H,7-22H2,1-6H3. The van der Waals surface area contributed by atoms with Crippen molar-refractivity contribution in [2.75, 3.05) is 20.0 Å². The number of hydrogen-bond donors (Lipinski definition) is 0. The molecule has 0 spiro atoms. The van der Waals surface area contributed by atoms with Crippen LogP contribution < -0.4 is 0 Å². The van der Waals surface area contributed by atoms with Gasteiger partial charge in [-0.25, -0.2) is 0 Å². The monoisotopic (exact) mass is 398 g/mol. The highest BCUT2D eigenvalue weighted by molar-refractivity contribution is 4.66. The van der Waals surface area contributed by atoms with E-state index >= 15 is 0 Å². The van der Waals surface area contributed by atoms with Crippen molar-refractivity contribution in [1.82, 2.24) is 0 Å². The first-order valence-corrected chi connectivity index (χ1v) is 12.6. The van der Waals surface area contributed by atoms with E-state index in [2.05, 4.69) is 41.5 Å². The fourth-order valence-electron chi connectivity index (χ4n) is 4.68. The summed E-state index contributed by atoms with van der Waals surface area (Å²) in [5.74, 6) is 3.42. The molecule has 2 heteroatoms. The average Bonchev–Trinajstić information content (AvgIpc) is 2.62. The van der Waals surface area contributed by atoms with Crippen LogP contribution in [0, 0.1) is 23.7 Å². The van der Waals surface area contributed by atoms with E-state index in [1.165, 1.54) is 77.0 Å². The van der Waals surface area contributed by atoms with Crippen LogP contribution in [0.25, 0.3) is 0 Å². The van der Waals surface area contributed by atoms with Crippen LogP contribution in [-0.4, -0.2) is 20.0 Å². The Bertz CT molecular complexity index is 305. The second-order valence-corrected chi connectivity index (χ2v) is 9.76. The molecule has 0 rings (SSSR count). The number of rotatable bonds is 21. The van der Waals surface area contributed by atoms with Crippen LogP contribution in [-0.2, 0) is 9.47 Å². The minimum atomic E-state index is 0.479. The van der Waals surface area contributed by atoms with Gasteiger partial charge in [-0.15, -0.1) is 0 Å². The summed E-state index contributed by atoms with van der Waals surface area (Å²) in [4.78, 5) is 0. The second kappa shape index (κ2) is 20.2. The lowest BCUT2D eigenvalue weighted by Crippen LogP contribution is -2.11. The molecule has 0 saturated heterocycles. The SMILES string of the molecule is CCCCCCCCOCOCCCC(C)CC(C)CC(C)CC(C)CCC. The third-order valence-corrected chi connectivity index (χ3v) is 5.99. The third kappa shape index (κ3) is 19.2. The summed E-state index contributed by atoms with van der Waals surface area (Å²) in [6.07, 6.45) is 17.2. The van der Waals surface area contributed by atoms with Crippen molar-refractivity contribution >= 4 is 0 Å². The smallest absolute Gasteiger partial charge is 0.146 e. The topological polar surface area (TPSA) is 18.5 Å². The molecule has 4 unspecified atom stereocenters. The van der Waals surface area contributed by atoms with Crippen molar-refractivity contribution in [3.05, 3.63) is 0 Å². The Labute approximate surface area is 178 Å². The predicted molar refractivity (Wildman–Crippen MR) is 125 cm³/mol. The summed E-state index contributed by atoms with van der Waals surface area (Å²) in [5, 5.41) is 0. The Morgan fingerprint density at radius 3 is 1.61 bits per heavy atom. The van der Waals surface area contributed by atoms with Gasteiger partial charge in [0.1, 0.15) is 6.79 Å². The Morgan fingerprint density at radius 1 is 0.500 bits per heavy atom. The van der Waals surface area contributed by atoms with E-state index in [4.69, 9.17) is 9.47 Å². The summed E-state index contributed by atoms with van der Waals surface area (Å²) in [6.45, 7) is 16.5.